The van der Waals surface area contributed by atoms with Crippen molar-refractivity contribution in [2.24, 2.45) is 0 Å². The number of aryl methyl sites for hydroxylation is 1. The molecule has 23 heavy (non-hydrogen) atoms. The summed E-state index contributed by atoms with van der Waals surface area (Å²) in [5, 5.41) is 7.83. The number of hydrogen-bond donors (Lipinski definition) is 1. The molecule has 1 aromatic heterocycles. The van der Waals surface area contributed by atoms with E-state index in [1.54, 1.807) is 0 Å². The first-order valence-corrected chi connectivity index (χ1v) is 8.19. The Morgan fingerprint density at radius 1 is 1.17 bits per heavy atom. The number of aromatic nitrogens is 2. The highest BCUT2D eigenvalue weighted by atomic mass is 79.9. The van der Waals surface area contributed by atoms with Crippen molar-refractivity contribution < 1.29 is 4.79 Å². The topological polar surface area (TPSA) is 50.2 Å². The molecule has 0 aliphatic carbocycles. The van der Waals surface area contributed by atoms with E-state index >= 15 is 0 Å². The van der Waals surface area contributed by atoms with Gasteiger partial charge in [0.05, 0.1) is 22.6 Å². The Morgan fingerprint density at radius 2 is 1.78 bits per heavy atom. The Hall–Kier alpha value is -1.37. The van der Waals surface area contributed by atoms with Crippen LogP contribution in [0.25, 0.3) is 5.69 Å². The second-order valence-corrected chi connectivity index (χ2v) is 6.39. The summed E-state index contributed by atoms with van der Waals surface area (Å²) in [6.07, 6.45) is 0. The van der Waals surface area contributed by atoms with Gasteiger partial charge >= 0.3 is 0 Å². The number of carbonyl (C=O) groups is 1. The van der Waals surface area contributed by atoms with E-state index in [2.05, 4.69) is 26.3 Å². The highest BCUT2D eigenvalue weighted by Gasteiger charge is 2.25. The van der Waals surface area contributed by atoms with Crippen molar-refractivity contribution in [3.05, 3.63) is 45.7 Å². The maximum atomic E-state index is 12.8. The molecule has 1 amide bonds. The minimum absolute atomic E-state index is 0. The van der Waals surface area contributed by atoms with E-state index in [1.807, 2.05) is 47.7 Å². The van der Waals surface area contributed by atoms with Crippen LogP contribution >= 0.6 is 28.3 Å². The number of amides is 1. The molecule has 1 N–H and O–H groups in total. The van der Waals surface area contributed by atoms with Gasteiger partial charge in [0, 0.05) is 30.7 Å². The standard InChI is InChI=1S/C16H19BrN4O.ClH/c1-11-15(16(22)20-9-7-18-8-10-20)12(2)21(19-11)14-5-3-13(17)4-6-14;/h3-6,18H,7-10H2,1-2H3;1H. The van der Waals surface area contributed by atoms with E-state index in [1.165, 1.54) is 0 Å². The van der Waals surface area contributed by atoms with Gasteiger partial charge in [-0.1, -0.05) is 15.9 Å². The first kappa shape index (κ1) is 18.0. The largest absolute Gasteiger partial charge is 0.336 e. The Morgan fingerprint density at radius 3 is 2.39 bits per heavy atom. The van der Waals surface area contributed by atoms with Crippen molar-refractivity contribution in [1.82, 2.24) is 20.0 Å². The van der Waals surface area contributed by atoms with Gasteiger partial charge in [-0.25, -0.2) is 4.68 Å². The molecule has 0 bridgehead atoms. The number of nitrogens with one attached hydrogen (secondary N) is 1. The van der Waals surface area contributed by atoms with Gasteiger partial charge in [-0.3, -0.25) is 4.79 Å². The highest BCUT2D eigenvalue weighted by molar-refractivity contribution is 9.10. The predicted octanol–water partition coefficient (Wildman–Crippen LogP) is 2.72. The summed E-state index contributed by atoms with van der Waals surface area (Å²) in [4.78, 5) is 14.7. The summed E-state index contributed by atoms with van der Waals surface area (Å²) in [6, 6.07) is 7.93. The molecular weight excluding hydrogens is 380 g/mol. The van der Waals surface area contributed by atoms with Gasteiger partial charge in [-0.15, -0.1) is 12.4 Å². The van der Waals surface area contributed by atoms with Gasteiger partial charge in [0.1, 0.15) is 0 Å². The monoisotopic (exact) mass is 398 g/mol. The van der Waals surface area contributed by atoms with Crippen molar-refractivity contribution >= 4 is 34.2 Å². The molecule has 1 aromatic carbocycles. The third-order valence-corrected chi connectivity index (χ3v) is 4.51. The Kier molecular flexibility index (Phi) is 5.84. The van der Waals surface area contributed by atoms with Gasteiger partial charge in [-0.2, -0.15) is 5.10 Å². The molecule has 1 aliphatic heterocycles. The van der Waals surface area contributed by atoms with Crippen LogP contribution in [0.3, 0.4) is 0 Å². The first-order chi connectivity index (χ1) is 10.6. The lowest BCUT2D eigenvalue weighted by Gasteiger charge is -2.27. The number of benzene rings is 1. The zero-order valence-corrected chi connectivity index (χ0v) is 15.6. The molecule has 0 unspecified atom stereocenters. The Labute approximate surface area is 150 Å². The maximum Gasteiger partial charge on any atom is 0.257 e. The molecule has 2 heterocycles. The second-order valence-electron chi connectivity index (χ2n) is 5.48. The van der Waals surface area contributed by atoms with E-state index in [0.29, 0.717) is 0 Å². The summed E-state index contributed by atoms with van der Waals surface area (Å²) in [5.41, 5.74) is 3.36. The van der Waals surface area contributed by atoms with E-state index in [4.69, 9.17) is 0 Å². The molecule has 7 heteroatoms. The zero-order valence-electron chi connectivity index (χ0n) is 13.2. The van der Waals surface area contributed by atoms with Gasteiger partial charge in [0.2, 0.25) is 0 Å². The van der Waals surface area contributed by atoms with Crippen molar-refractivity contribution in [3.63, 3.8) is 0 Å². The minimum atomic E-state index is 0. The molecule has 5 nitrogen and oxygen atoms in total. The Bertz CT molecular complexity index is 693. The van der Waals surface area contributed by atoms with Gasteiger partial charge < -0.3 is 10.2 Å². The van der Waals surface area contributed by atoms with Crippen LogP contribution < -0.4 is 5.32 Å². The summed E-state index contributed by atoms with van der Waals surface area (Å²) in [5.74, 6) is 0.0832. The number of rotatable bonds is 2. The average molecular weight is 400 g/mol. The molecular formula is C16H20BrClN4O. The van der Waals surface area contributed by atoms with Crippen LogP contribution in [0.5, 0.6) is 0 Å². The SMILES string of the molecule is Cc1nn(-c2ccc(Br)cc2)c(C)c1C(=O)N1CCNCC1.Cl. The first-order valence-electron chi connectivity index (χ1n) is 7.40. The molecule has 1 aliphatic rings. The van der Waals surface area contributed by atoms with Crippen LogP contribution in [-0.2, 0) is 0 Å². The Balaban J connectivity index is 0.00000192. The number of carbonyl (C=O) groups excluding carboxylic acids is 1. The quantitative estimate of drug-likeness (QED) is 0.845. The van der Waals surface area contributed by atoms with Crippen LogP contribution in [0, 0.1) is 13.8 Å². The second kappa shape index (κ2) is 7.47. The van der Waals surface area contributed by atoms with Crippen LogP contribution in [0.4, 0.5) is 0 Å². The van der Waals surface area contributed by atoms with Gasteiger partial charge in [0.25, 0.3) is 5.91 Å². The normalized spacial score (nSPS) is 14.5. The molecule has 3 rings (SSSR count). The average Bonchev–Trinajstić information content (AvgIpc) is 2.83. The molecule has 1 saturated heterocycles. The number of hydrogen-bond acceptors (Lipinski definition) is 3. The van der Waals surface area contributed by atoms with E-state index in [-0.39, 0.29) is 18.3 Å². The third kappa shape index (κ3) is 3.59. The maximum absolute atomic E-state index is 12.8. The number of nitrogens with zero attached hydrogens (tertiary/aromatic N) is 3. The number of piperazine rings is 1. The lowest BCUT2D eigenvalue weighted by Crippen LogP contribution is -2.46. The van der Waals surface area contributed by atoms with Crippen LogP contribution in [0.1, 0.15) is 21.7 Å². The highest BCUT2D eigenvalue weighted by Crippen LogP contribution is 2.21. The van der Waals surface area contributed by atoms with Crippen molar-refractivity contribution in [2.45, 2.75) is 13.8 Å². The number of halogens is 2. The summed E-state index contributed by atoms with van der Waals surface area (Å²) in [6.45, 7) is 7.06. The summed E-state index contributed by atoms with van der Waals surface area (Å²) in [7, 11) is 0. The van der Waals surface area contributed by atoms with Crippen LogP contribution in [-0.4, -0.2) is 46.8 Å². The summed E-state index contributed by atoms with van der Waals surface area (Å²) >= 11 is 3.44. The fourth-order valence-electron chi connectivity index (χ4n) is 2.81. The fraction of sp³-hybridized carbons (Fsp3) is 0.375. The van der Waals surface area contributed by atoms with Crippen molar-refractivity contribution in [3.8, 4) is 5.69 Å². The molecule has 0 spiro atoms. The molecule has 0 radical (unpaired) electrons. The molecule has 124 valence electrons. The van der Waals surface area contributed by atoms with Crippen molar-refractivity contribution in [1.29, 1.82) is 0 Å². The lowest BCUT2D eigenvalue weighted by atomic mass is 10.1. The molecule has 0 atom stereocenters. The smallest absolute Gasteiger partial charge is 0.257 e. The summed E-state index contributed by atoms with van der Waals surface area (Å²) < 4.78 is 2.87. The van der Waals surface area contributed by atoms with Crippen LogP contribution in [0.2, 0.25) is 0 Å². The van der Waals surface area contributed by atoms with Crippen LogP contribution in [0.15, 0.2) is 28.7 Å². The molecule has 2 aromatic rings. The minimum Gasteiger partial charge on any atom is -0.336 e. The van der Waals surface area contributed by atoms with E-state index in [0.717, 1.165) is 53.3 Å². The molecule has 0 saturated carbocycles. The lowest BCUT2D eigenvalue weighted by molar-refractivity contribution is 0.0734. The van der Waals surface area contributed by atoms with Gasteiger partial charge in [-0.05, 0) is 38.1 Å². The fourth-order valence-corrected chi connectivity index (χ4v) is 3.08. The third-order valence-electron chi connectivity index (χ3n) is 3.98. The zero-order chi connectivity index (χ0) is 15.7. The van der Waals surface area contributed by atoms with Gasteiger partial charge in [0.15, 0.2) is 0 Å². The predicted molar refractivity (Wildman–Crippen MR) is 96.8 cm³/mol. The molecule has 1 fully saturated rings. The van der Waals surface area contributed by atoms with E-state index < -0.39 is 0 Å². The van der Waals surface area contributed by atoms with Crippen molar-refractivity contribution in [2.75, 3.05) is 26.2 Å². The van der Waals surface area contributed by atoms with E-state index in [9.17, 15) is 4.79 Å².